The number of fused-ring (bicyclic) bond motifs is 7. The molecule has 0 spiro atoms. The first-order chi connectivity index (χ1) is 11.4. The lowest BCUT2D eigenvalue weighted by molar-refractivity contribution is 0.468. The molecule has 0 radical (unpaired) electrons. The normalized spacial score (nSPS) is 12.5. The minimum Gasteiger partial charge on any atom is -0.528 e. The molecular formula is C20H13BO2. The number of hydrogen-bond donors (Lipinski definition) is 0. The lowest BCUT2D eigenvalue weighted by atomic mass is 9.92. The number of rotatable bonds is 0. The molecule has 1 aliphatic heterocycles. The molecule has 0 unspecified atom stereocenters. The molecule has 2 nitrogen and oxygen atoms in total. The van der Waals surface area contributed by atoms with Gasteiger partial charge in [-0.25, -0.2) is 0 Å². The minimum absolute atomic E-state index is 0.233. The van der Waals surface area contributed by atoms with E-state index in [1.54, 1.807) is 0 Å². The molecule has 1 aliphatic rings. The fourth-order valence-electron chi connectivity index (χ4n) is 3.42. The van der Waals surface area contributed by atoms with Gasteiger partial charge in [-0.3, -0.25) is 0 Å². The van der Waals surface area contributed by atoms with Gasteiger partial charge in [0.1, 0.15) is 11.5 Å². The molecule has 4 aromatic carbocycles. The second-order valence-corrected chi connectivity index (χ2v) is 5.73. The zero-order valence-corrected chi connectivity index (χ0v) is 12.5. The third kappa shape index (κ3) is 1.83. The second kappa shape index (κ2) is 4.78. The van der Waals surface area contributed by atoms with Gasteiger partial charge in [0, 0.05) is 11.1 Å². The van der Waals surface area contributed by atoms with Gasteiger partial charge >= 0.3 is 7.69 Å². The summed E-state index contributed by atoms with van der Waals surface area (Å²) < 4.78 is 11.7. The third-order valence-electron chi connectivity index (χ3n) is 4.46. The Bertz CT molecular complexity index is 971. The quantitative estimate of drug-likeness (QED) is 0.438. The third-order valence-corrected chi connectivity index (χ3v) is 4.46. The predicted octanol–water partition coefficient (Wildman–Crippen LogP) is 4.70. The van der Waals surface area contributed by atoms with E-state index in [9.17, 15) is 0 Å². The van der Waals surface area contributed by atoms with Crippen molar-refractivity contribution in [3.05, 3.63) is 72.8 Å². The van der Waals surface area contributed by atoms with Crippen LogP contribution in [0.2, 0.25) is 0 Å². The van der Waals surface area contributed by atoms with Crippen molar-refractivity contribution in [3.8, 4) is 22.6 Å². The van der Waals surface area contributed by atoms with Crippen LogP contribution in [0.3, 0.4) is 0 Å². The Morgan fingerprint density at radius 1 is 0.522 bits per heavy atom. The van der Waals surface area contributed by atoms with Crippen LogP contribution >= 0.6 is 0 Å². The number of hydrogen-bond acceptors (Lipinski definition) is 2. The summed E-state index contributed by atoms with van der Waals surface area (Å²) in [6, 6.07) is 25.1. The highest BCUT2D eigenvalue weighted by Crippen LogP contribution is 2.46. The molecule has 1 heterocycles. The molecule has 0 saturated heterocycles. The van der Waals surface area contributed by atoms with E-state index < -0.39 is 0 Å². The smallest absolute Gasteiger partial charge is 0.528 e. The van der Waals surface area contributed by atoms with E-state index in [0.717, 1.165) is 22.6 Å². The van der Waals surface area contributed by atoms with Gasteiger partial charge in [-0.15, -0.1) is 0 Å². The molecule has 0 aromatic heterocycles. The molecule has 0 bridgehead atoms. The average Bonchev–Trinajstić information content (AvgIpc) is 2.81. The zero-order chi connectivity index (χ0) is 15.2. The SMILES string of the molecule is B1Oc2ccc3ccccc3c2-c2c(ccc3ccccc23)O1. The molecule has 5 rings (SSSR count). The van der Waals surface area contributed by atoms with E-state index in [1.165, 1.54) is 21.5 Å². The summed E-state index contributed by atoms with van der Waals surface area (Å²) in [4.78, 5) is 0. The predicted molar refractivity (Wildman–Crippen MR) is 95.3 cm³/mol. The van der Waals surface area contributed by atoms with Crippen LogP contribution < -0.4 is 9.31 Å². The van der Waals surface area contributed by atoms with Crippen molar-refractivity contribution in [1.29, 1.82) is 0 Å². The Hall–Kier alpha value is -2.94. The van der Waals surface area contributed by atoms with Gasteiger partial charge in [0.15, 0.2) is 0 Å². The fraction of sp³-hybridized carbons (Fsp3) is 0. The van der Waals surface area contributed by atoms with E-state index in [-0.39, 0.29) is 7.69 Å². The van der Waals surface area contributed by atoms with Gasteiger partial charge in [-0.1, -0.05) is 60.7 Å². The van der Waals surface area contributed by atoms with Crippen LogP contribution in [0.15, 0.2) is 72.8 Å². The summed E-state index contributed by atoms with van der Waals surface area (Å²) in [6.07, 6.45) is 0. The van der Waals surface area contributed by atoms with Gasteiger partial charge in [0.2, 0.25) is 0 Å². The van der Waals surface area contributed by atoms with Crippen molar-refractivity contribution in [3.63, 3.8) is 0 Å². The highest BCUT2D eigenvalue weighted by Gasteiger charge is 2.21. The van der Waals surface area contributed by atoms with Crippen molar-refractivity contribution >= 4 is 29.2 Å². The summed E-state index contributed by atoms with van der Waals surface area (Å²) in [6.45, 7) is 0. The van der Waals surface area contributed by atoms with Gasteiger partial charge in [0.05, 0.1) is 0 Å². The summed E-state index contributed by atoms with van der Waals surface area (Å²) >= 11 is 0. The van der Waals surface area contributed by atoms with Crippen molar-refractivity contribution < 1.29 is 9.31 Å². The van der Waals surface area contributed by atoms with Crippen molar-refractivity contribution in [1.82, 2.24) is 0 Å². The van der Waals surface area contributed by atoms with E-state index in [0.29, 0.717) is 0 Å². The topological polar surface area (TPSA) is 18.5 Å². The Kier molecular flexibility index (Phi) is 2.62. The van der Waals surface area contributed by atoms with E-state index in [2.05, 4.69) is 60.7 Å². The lowest BCUT2D eigenvalue weighted by Crippen LogP contribution is -2.08. The van der Waals surface area contributed by atoms with Gasteiger partial charge < -0.3 is 9.31 Å². The number of benzene rings is 4. The zero-order valence-electron chi connectivity index (χ0n) is 12.5. The van der Waals surface area contributed by atoms with Gasteiger partial charge in [-0.2, -0.15) is 0 Å². The molecule has 23 heavy (non-hydrogen) atoms. The standard InChI is InChI=1S/C20H13BO2/c1-3-7-15-13(5-1)9-11-17-19(15)20-16-8-4-2-6-14(16)10-12-18(20)23-21-22-17/h1-12,21H. The van der Waals surface area contributed by atoms with E-state index in [1.807, 2.05) is 12.1 Å². The molecule has 0 N–H and O–H groups in total. The fourth-order valence-corrected chi connectivity index (χ4v) is 3.42. The van der Waals surface area contributed by atoms with Gasteiger partial charge in [0.25, 0.3) is 0 Å². The summed E-state index contributed by atoms with van der Waals surface area (Å²) in [5.41, 5.74) is 2.24. The summed E-state index contributed by atoms with van der Waals surface area (Å²) in [7, 11) is 0.233. The van der Waals surface area contributed by atoms with Crippen LogP contribution in [0, 0.1) is 0 Å². The second-order valence-electron chi connectivity index (χ2n) is 5.73. The van der Waals surface area contributed by atoms with Crippen molar-refractivity contribution in [2.75, 3.05) is 0 Å². The van der Waals surface area contributed by atoms with Crippen LogP contribution in [0.5, 0.6) is 11.5 Å². The van der Waals surface area contributed by atoms with Crippen LogP contribution in [0.25, 0.3) is 32.7 Å². The highest BCUT2D eigenvalue weighted by molar-refractivity contribution is 6.24. The Morgan fingerprint density at radius 3 is 1.52 bits per heavy atom. The van der Waals surface area contributed by atoms with Crippen molar-refractivity contribution in [2.45, 2.75) is 0 Å². The van der Waals surface area contributed by atoms with Crippen LogP contribution in [-0.4, -0.2) is 7.69 Å². The Labute approximate surface area is 134 Å². The van der Waals surface area contributed by atoms with E-state index >= 15 is 0 Å². The van der Waals surface area contributed by atoms with Crippen LogP contribution in [0.4, 0.5) is 0 Å². The Morgan fingerprint density at radius 2 is 1.00 bits per heavy atom. The molecule has 0 atom stereocenters. The first-order valence-corrected chi connectivity index (χ1v) is 7.71. The molecule has 4 aromatic rings. The summed E-state index contributed by atoms with van der Waals surface area (Å²) in [5.74, 6) is 1.75. The molecule has 108 valence electrons. The average molecular weight is 296 g/mol. The minimum atomic E-state index is 0.233. The van der Waals surface area contributed by atoms with Crippen molar-refractivity contribution in [2.24, 2.45) is 0 Å². The molecule has 3 heteroatoms. The van der Waals surface area contributed by atoms with Gasteiger partial charge in [-0.05, 0) is 33.7 Å². The largest absolute Gasteiger partial charge is 0.576 e. The maximum absolute atomic E-state index is 5.87. The molecule has 0 aliphatic carbocycles. The monoisotopic (exact) mass is 296 g/mol. The molecule has 0 amide bonds. The van der Waals surface area contributed by atoms with Crippen LogP contribution in [-0.2, 0) is 0 Å². The first kappa shape index (κ1) is 12.6. The molecular weight excluding hydrogens is 283 g/mol. The lowest BCUT2D eigenvalue weighted by Gasteiger charge is -2.14. The first-order valence-electron chi connectivity index (χ1n) is 7.71. The Balaban J connectivity index is 2.01. The molecule has 0 saturated carbocycles. The maximum Gasteiger partial charge on any atom is 0.576 e. The molecule has 0 fully saturated rings. The van der Waals surface area contributed by atoms with Crippen LogP contribution in [0.1, 0.15) is 0 Å². The van der Waals surface area contributed by atoms with E-state index in [4.69, 9.17) is 9.31 Å². The maximum atomic E-state index is 5.87. The highest BCUT2D eigenvalue weighted by atomic mass is 16.6. The summed E-state index contributed by atoms with van der Waals surface area (Å²) in [5, 5.41) is 4.78.